The summed E-state index contributed by atoms with van der Waals surface area (Å²) in [6.45, 7) is 0.451. The average molecular weight is 360 g/mol. The number of carboxylic acids is 1. The lowest BCUT2D eigenvalue weighted by atomic mass is 9.71. The van der Waals surface area contributed by atoms with Gasteiger partial charge in [-0.25, -0.2) is 0 Å². The third-order valence-corrected chi connectivity index (χ3v) is 5.83. The summed E-state index contributed by atoms with van der Waals surface area (Å²) in [4.78, 5) is 24.6. The van der Waals surface area contributed by atoms with Crippen LogP contribution in [0.5, 0.6) is 0 Å². The van der Waals surface area contributed by atoms with Crippen LogP contribution in [0.2, 0.25) is 0 Å². The summed E-state index contributed by atoms with van der Waals surface area (Å²) in [6.07, 6.45) is 4.17. The van der Waals surface area contributed by atoms with Crippen LogP contribution in [0.15, 0.2) is 15.9 Å². The first-order valence-corrected chi connectivity index (χ1v) is 8.43. The Morgan fingerprint density at radius 3 is 2.60 bits per heavy atom. The number of nitrogens with one attached hydrogen (secondary N) is 1. The second kappa shape index (κ2) is 6.72. The summed E-state index contributed by atoms with van der Waals surface area (Å²) in [7, 11) is 0. The van der Waals surface area contributed by atoms with E-state index < -0.39 is 11.4 Å². The summed E-state index contributed by atoms with van der Waals surface area (Å²) >= 11 is 4.98. The lowest BCUT2D eigenvalue weighted by Gasteiger charge is -2.32. The topological polar surface area (TPSA) is 66.4 Å². The van der Waals surface area contributed by atoms with Crippen molar-refractivity contribution >= 4 is 39.1 Å². The second-order valence-corrected chi connectivity index (χ2v) is 7.15. The van der Waals surface area contributed by atoms with Gasteiger partial charge >= 0.3 is 5.97 Å². The Morgan fingerprint density at radius 1 is 1.35 bits per heavy atom. The van der Waals surface area contributed by atoms with E-state index >= 15 is 0 Å². The van der Waals surface area contributed by atoms with Gasteiger partial charge in [-0.15, -0.1) is 11.3 Å². The zero-order valence-corrected chi connectivity index (χ0v) is 13.6. The molecule has 0 spiro atoms. The van der Waals surface area contributed by atoms with Crippen molar-refractivity contribution in [3.05, 3.63) is 20.8 Å². The van der Waals surface area contributed by atoms with Crippen LogP contribution in [-0.2, 0) is 16.1 Å². The summed E-state index contributed by atoms with van der Waals surface area (Å²) in [6, 6.07) is 1.94. The van der Waals surface area contributed by atoms with E-state index in [0.29, 0.717) is 19.4 Å². The number of hydrogen-bond donors (Lipinski definition) is 2. The molecular formula is C14H18BrNO3S. The van der Waals surface area contributed by atoms with Gasteiger partial charge in [-0.2, -0.15) is 0 Å². The molecule has 0 aliphatic heterocycles. The van der Waals surface area contributed by atoms with Gasteiger partial charge in [-0.05, 0) is 40.2 Å². The van der Waals surface area contributed by atoms with Gasteiger partial charge in [-0.1, -0.05) is 19.3 Å². The zero-order chi connectivity index (χ0) is 14.6. The van der Waals surface area contributed by atoms with Crippen LogP contribution in [0, 0.1) is 5.41 Å². The average Bonchev–Trinajstić information content (AvgIpc) is 2.83. The molecule has 110 valence electrons. The van der Waals surface area contributed by atoms with Crippen molar-refractivity contribution in [1.82, 2.24) is 5.32 Å². The first-order chi connectivity index (χ1) is 9.53. The van der Waals surface area contributed by atoms with E-state index in [9.17, 15) is 14.7 Å². The molecule has 0 aromatic carbocycles. The second-order valence-electron chi connectivity index (χ2n) is 5.29. The number of hydrogen-bond acceptors (Lipinski definition) is 3. The largest absolute Gasteiger partial charge is 0.481 e. The minimum Gasteiger partial charge on any atom is -0.481 e. The molecule has 6 heteroatoms. The Balaban J connectivity index is 1.92. The Morgan fingerprint density at radius 2 is 2.05 bits per heavy atom. The Bertz CT molecular complexity index is 494. The highest BCUT2D eigenvalue weighted by Gasteiger charge is 2.41. The molecule has 1 aromatic rings. The number of aliphatic carboxylic acids is 1. The molecule has 1 saturated carbocycles. The minimum atomic E-state index is -0.852. The highest BCUT2D eigenvalue weighted by Crippen LogP contribution is 2.39. The van der Waals surface area contributed by atoms with Gasteiger partial charge in [0, 0.05) is 15.8 Å². The van der Waals surface area contributed by atoms with E-state index in [1.807, 2.05) is 11.4 Å². The Labute approximate surface area is 130 Å². The lowest BCUT2D eigenvalue weighted by molar-refractivity contribution is -0.154. The fourth-order valence-electron chi connectivity index (χ4n) is 2.69. The number of amides is 1. The number of carbonyl (C=O) groups is 2. The standard InChI is InChI=1S/C14H18BrNO3S/c15-10-4-7-20-11(10)9-16-12(17)8-14(13(18)19)5-2-1-3-6-14/h4,7H,1-3,5-6,8-9H2,(H,16,17)(H,18,19). The molecule has 0 bridgehead atoms. The fourth-order valence-corrected chi connectivity index (χ4v) is 4.13. The van der Waals surface area contributed by atoms with E-state index in [1.165, 1.54) is 0 Å². The summed E-state index contributed by atoms with van der Waals surface area (Å²) in [5, 5.41) is 14.2. The van der Waals surface area contributed by atoms with Crippen molar-refractivity contribution in [2.24, 2.45) is 5.41 Å². The summed E-state index contributed by atoms with van der Waals surface area (Å²) < 4.78 is 0.980. The summed E-state index contributed by atoms with van der Waals surface area (Å²) in [5.74, 6) is -1.00. The van der Waals surface area contributed by atoms with Gasteiger partial charge in [0.2, 0.25) is 5.91 Å². The van der Waals surface area contributed by atoms with Crippen LogP contribution in [0.4, 0.5) is 0 Å². The van der Waals surface area contributed by atoms with Crippen molar-refractivity contribution in [3.8, 4) is 0 Å². The first-order valence-electron chi connectivity index (χ1n) is 6.75. The SMILES string of the molecule is O=C(CC1(C(=O)O)CCCCC1)NCc1sccc1Br. The van der Waals surface area contributed by atoms with Gasteiger partial charge in [0.05, 0.1) is 12.0 Å². The van der Waals surface area contributed by atoms with Gasteiger partial charge in [0.15, 0.2) is 0 Å². The van der Waals surface area contributed by atoms with E-state index in [2.05, 4.69) is 21.2 Å². The first kappa shape index (κ1) is 15.5. The number of thiophene rings is 1. The molecule has 2 rings (SSSR count). The number of carboxylic acid groups (broad SMARTS) is 1. The molecule has 1 aliphatic carbocycles. The maximum atomic E-state index is 12.0. The predicted molar refractivity (Wildman–Crippen MR) is 81.6 cm³/mol. The van der Waals surface area contributed by atoms with Crippen molar-refractivity contribution in [1.29, 1.82) is 0 Å². The number of halogens is 1. The molecule has 20 heavy (non-hydrogen) atoms. The van der Waals surface area contributed by atoms with Gasteiger partial charge in [-0.3, -0.25) is 9.59 Å². The minimum absolute atomic E-state index is 0.0886. The molecule has 1 aliphatic rings. The molecule has 0 saturated heterocycles. The smallest absolute Gasteiger partial charge is 0.310 e. The lowest BCUT2D eigenvalue weighted by Crippen LogP contribution is -2.39. The van der Waals surface area contributed by atoms with Crippen molar-refractivity contribution in [2.75, 3.05) is 0 Å². The van der Waals surface area contributed by atoms with Crippen LogP contribution in [0.3, 0.4) is 0 Å². The Hall–Kier alpha value is -0.880. The van der Waals surface area contributed by atoms with Crippen molar-refractivity contribution in [2.45, 2.75) is 45.1 Å². The maximum absolute atomic E-state index is 12.0. The highest BCUT2D eigenvalue weighted by molar-refractivity contribution is 9.10. The molecule has 0 unspecified atom stereocenters. The van der Waals surface area contributed by atoms with Crippen LogP contribution >= 0.6 is 27.3 Å². The van der Waals surface area contributed by atoms with Crippen molar-refractivity contribution in [3.63, 3.8) is 0 Å². The maximum Gasteiger partial charge on any atom is 0.310 e. The zero-order valence-electron chi connectivity index (χ0n) is 11.2. The van der Waals surface area contributed by atoms with Crippen LogP contribution in [0.25, 0.3) is 0 Å². The van der Waals surface area contributed by atoms with E-state index in [1.54, 1.807) is 11.3 Å². The normalized spacial score (nSPS) is 17.6. The quantitative estimate of drug-likeness (QED) is 0.844. The molecule has 1 aromatic heterocycles. The van der Waals surface area contributed by atoms with E-state index in [-0.39, 0.29) is 12.3 Å². The van der Waals surface area contributed by atoms with Gasteiger partial charge < -0.3 is 10.4 Å². The molecule has 1 amide bonds. The third kappa shape index (κ3) is 3.61. The molecule has 4 nitrogen and oxygen atoms in total. The molecule has 1 heterocycles. The number of carbonyl (C=O) groups excluding carboxylic acids is 1. The molecule has 1 fully saturated rings. The van der Waals surface area contributed by atoms with Crippen molar-refractivity contribution < 1.29 is 14.7 Å². The molecule has 0 atom stereocenters. The molecular weight excluding hydrogens is 342 g/mol. The molecule has 2 N–H and O–H groups in total. The monoisotopic (exact) mass is 359 g/mol. The van der Waals surface area contributed by atoms with Crippen LogP contribution in [-0.4, -0.2) is 17.0 Å². The van der Waals surface area contributed by atoms with Crippen LogP contribution in [0.1, 0.15) is 43.4 Å². The van der Waals surface area contributed by atoms with Crippen LogP contribution < -0.4 is 5.32 Å². The highest BCUT2D eigenvalue weighted by atomic mass is 79.9. The van der Waals surface area contributed by atoms with E-state index in [0.717, 1.165) is 28.6 Å². The number of rotatable bonds is 5. The molecule has 0 radical (unpaired) electrons. The summed E-state index contributed by atoms with van der Waals surface area (Å²) in [5.41, 5.74) is -0.852. The Kier molecular flexibility index (Phi) is 5.21. The fraction of sp³-hybridized carbons (Fsp3) is 0.571. The van der Waals surface area contributed by atoms with E-state index in [4.69, 9.17) is 0 Å². The van der Waals surface area contributed by atoms with Gasteiger partial charge in [0.25, 0.3) is 0 Å². The third-order valence-electron chi connectivity index (χ3n) is 3.90. The predicted octanol–water partition coefficient (Wildman–Crippen LogP) is 3.55. The van der Waals surface area contributed by atoms with Gasteiger partial charge in [0.1, 0.15) is 0 Å².